The molecule has 3 rings (SSSR count). The molecule has 0 saturated carbocycles. The molecule has 4 amide bonds. The van der Waals surface area contributed by atoms with E-state index in [4.69, 9.17) is 18.9 Å². The maximum absolute atomic E-state index is 12.8. The van der Waals surface area contributed by atoms with E-state index in [1.807, 2.05) is 51.1 Å². The number of nitrogens with zero attached hydrogens (tertiary/aromatic N) is 3. The second-order valence-corrected chi connectivity index (χ2v) is 12.3. The molecule has 0 atom stereocenters. The summed E-state index contributed by atoms with van der Waals surface area (Å²) in [6.07, 6.45) is 3.10. The van der Waals surface area contributed by atoms with E-state index in [0.717, 1.165) is 31.2 Å². The summed E-state index contributed by atoms with van der Waals surface area (Å²) in [7, 11) is 0. The van der Waals surface area contributed by atoms with Gasteiger partial charge < -0.3 is 39.0 Å². The van der Waals surface area contributed by atoms with Gasteiger partial charge in [0.15, 0.2) is 0 Å². The minimum absolute atomic E-state index is 0.0940. The highest BCUT2D eigenvalue weighted by atomic mass is 16.6. The van der Waals surface area contributed by atoms with Crippen LogP contribution < -0.4 is 5.32 Å². The van der Waals surface area contributed by atoms with Gasteiger partial charge >= 0.3 is 18.1 Å². The number of likely N-dealkylation sites (tertiary alicyclic amines) is 2. The van der Waals surface area contributed by atoms with Crippen LogP contribution in [0.25, 0.3) is 0 Å². The number of nitrogens with one attached hydrogen (secondary N) is 1. The maximum Gasteiger partial charge on any atom is 0.410 e. The highest BCUT2D eigenvalue weighted by molar-refractivity contribution is 5.83. The van der Waals surface area contributed by atoms with Crippen molar-refractivity contribution < 1.29 is 38.1 Å². The van der Waals surface area contributed by atoms with Gasteiger partial charge in [-0.3, -0.25) is 9.59 Å². The van der Waals surface area contributed by atoms with Crippen molar-refractivity contribution in [3.8, 4) is 0 Å². The molecule has 44 heavy (non-hydrogen) atoms. The van der Waals surface area contributed by atoms with Crippen LogP contribution in [0.2, 0.25) is 0 Å². The summed E-state index contributed by atoms with van der Waals surface area (Å²) in [5.41, 5.74) is 0.448. The number of esters is 1. The van der Waals surface area contributed by atoms with Crippen LogP contribution in [0.15, 0.2) is 30.3 Å². The van der Waals surface area contributed by atoms with Crippen molar-refractivity contribution in [3.63, 3.8) is 0 Å². The maximum atomic E-state index is 12.8. The lowest BCUT2D eigenvalue weighted by Gasteiger charge is -2.35. The van der Waals surface area contributed by atoms with Crippen LogP contribution >= 0.6 is 0 Å². The fourth-order valence-electron chi connectivity index (χ4n) is 5.09. The zero-order valence-corrected chi connectivity index (χ0v) is 26.8. The molecule has 1 aromatic carbocycles. The van der Waals surface area contributed by atoms with Crippen molar-refractivity contribution in [1.82, 2.24) is 20.0 Å². The number of benzene rings is 1. The zero-order chi connectivity index (χ0) is 32.0. The summed E-state index contributed by atoms with van der Waals surface area (Å²) in [5.74, 6) is -0.457. The Morgan fingerprint density at radius 1 is 0.955 bits per heavy atom. The van der Waals surface area contributed by atoms with Gasteiger partial charge in [0.1, 0.15) is 18.8 Å². The van der Waals surface area contributed by atoms with Crippen LogP contribution in [-0.2, 0) is 35.1 Å². The second kappa shape index (κ2) is 17.8. The molecule has 2 aliphatic heterocycles. The predicted molar refractivity (Wildman–Crippen MR) is 164 cm³/mol. The van der Waals surface area contributed by atoms with E-state index < -0.39 is 11.6 Å². The molecule has 0 radical (unpaired) electrons. The molecule has 1 N–H and O–H groups in total. The van der Waals surface area contributed by atoms with E-state index >= 15 is 0 Å². The first-order valence-electron chi connectivity index (χ1n) is 15.7. The van der Waals surface area contributed by atoms with Crippen LogP contribution in [-0.4, -0.2) is 116 Å². The van der Waals surface area contributed by atoms with E-state index in [-0.39, 0.29) is 63.6 Å². The molecule has 0 aliphatic carbocycles. The number of urea groups is 1. The first-order chi connectivity index (χ1) is 21.0. The fourth-order valence-corrected chi connectivity index (χ4v) is 5.09. The Kier molecular flexibility index (Phi) is 14.2. The van der Waals surface area contributed by atoms with Gasteiger partial charge in [0.2, 0.25) is 5.91 Å². The standard InChI is InChI=1S/C32H50N4O8/c1-5-42-29(38)21-36(28(37)24-41-22-25-9-7-6-8-10-25)20-15-33-30(39)34-18-13-27(14-19-34)43-23-26-11-16-35(17-12-26)31(40)44-32(2,3)4/h6-10,26-27H,5,11-24H2,1-4H3,(H,33,39). The Morgan fingerprint density at radius 3 is 2.25 bits per heavy atom. The van der Waals surface area contributed by atoms with Crippen LogP contribution in [0.3, 0.4) is 0 Å². The SMILES string of the molecule is CCOC(=O)CN(CCNC(=O)N1CCC(OCC2CCN(C(=O)OC(C)(C)C)CC2)CC1)C(=O)COCc1ccccc1. The summed E-state index contributed by atoms with van der Waals surface area (Å²) in [6.45, 7) is 10.9. The third kappa shape index (κ3) is 12.7. The number of rotatable bonds is 13. The lowest BCUT2D eigenvalue weighted by molar-refractivity contribution is -0.150. The molecule has 0 aromatic heterocycles. The van der Waals surface area contributed by atoms with Crippen molar-refractivity contribution in [3.05, 3.63) is 35.9 Å². The van der Waals surface area contributed by atoms with E-state index in [9.17, 15) is 19.2 Å². The molecule has 0 spiro atoms. The summed E-state index contributed by atoms with van der Waals surface area (Å²) < 4.78 is 22.2. The first-order valence-corrected chi connectivity index (χ1v) is 15.7. The van der Waals surface area contributed by atoms with Crippen LogP contribution in [0.1, 0.15) is 58.9 Å². The molecular formula is C32H50N4O8. The van der Waals surface area contributed by atoms with E-state index in [1.54, 1.807) is 16.7 Å². The summed E-state index contributed by atoms with van der Waals surface area (Å²) in [6, 6.07) is 9.30. The third-order valence-electron chi connectivity index (χ3n) is 7.54. The Hall–Kier alpha value is -3.38. The quantitative estimate of drug-likeness (QED) is 0.333. The molecule has 12 heteroatoms. The smallest absolute Gasteiger partial charge is 0.410 e. The Balaban J connectivity index is 1.33. The molecule has 12 nitrogen and oxygen atoms in total. The van der Waals surface area contributed by atoms with Gasteiger partial charge in [0.25, 0.3) is 0 Å². The minimum atomic E-state index is -0.508. The van der Waals surface area contributed by atoms with Gasteiger partial charge in [-0.25, -0.2) is 9.59 Å². The van der Waals surface area contributed by atoms with Gasteiger partial charge in [0, 0.05) is 45.9 Å². The topological polar surface area (TPSA) is 127 Å². The number of hydrogen-bond donors (Lipinski definition) is 1. The number of piperidine rings is 2. The highest BCUT2D eigenvalue weighted by Gasteiger charge is 2.29. The predicted octanol–water partition coefficient (Wildman–Crippen LogP) is 3.43. The normalized spacial score (nSPS) is 16.4. The Bertz CT molecular complexity index is 1050. The molecule has 0 unspecified atom stereocenters. The van der Waals surface area contributed by atoms with Gasteiger partial charge in [-0.1, -0.05) is 30.3 Å². The van der Waals surface area contributed by atoms with Crippen LogP contribution in [0.5, 0.6) is 0 Å². The number of carbonyl (C=O) groups is 4. The van der Waals surface area contributed by atoms with E-state index in [0.29, 0.717) is 38.7 Å². The number of amides is 4. The van der Waals surface area contributed by atoms with Crippen molar-refractivity contribution in [2.24, 2.45) is 5.92 Å². The van der Waals surface area contributed by atoms with Crippen LogP contribution in [0.4, 0.5) is 9.59 Å². The van der Waals surface area contributed by atoms with Crippen molar-refractivity contribution in [1.29, 1.82) is 0 Å². The van der Waals surface area contributed by atoms with Crippen molar-refractivity contribution >= 4 is 24.0 Å². The average Bonchev–Trinajstić information content (AvgIpc) is 2.99. The van der Waals surface area contributed by atoms with Gasteiger partial charge in [-0.05, 0) is 64.9 Å². The lowest BCUT2D eigenvalue weighted by atomic mass is 9.98. The molecule has 1 aromatic rings. The monoisotopic (exact) mass is 618 g/mol. The number of hydrogen-bond acceptors (Lipinski definition) is 8. The highest BCUT2D eigenvalue weighted by Crippen LogP contribution is 2.22. The lowest BCUT2D eigenvalue weighted by Crippen LogP contribution is -2.49. The third-order valence-corrected chi connectivity index (χ3v) is 7.54. The van der Waals surface area contributed by atoms with E-state index in [1.165, 1.54) is 4.90 Å². The van der Waals surface area contributed by atoms with Crippen LogP contribution in [0, 0.1) is 5.92 Å². The summed E-state index contributed by atoms with van der Waals surface area (Å²) in [5, 5.41) is 2.87. The molecule has 2 saturated heterocycles. The largest absolute Gasteiger partial charge is 0.465 e. The first kappa shape index (κ1) is 35.1. The molecule has 2 fully saturated rings. The summed E-state index contributed by atoms with van der Waals surface area (Å²) in [4.78, 5) is 54.8. The minimum Gasteiger partial charge on any atom is -0.465 e. The van der Waals surface area contributed by atoms with Crippen molar-refractivity contribution in [2.45, 2.75) is 71.7 Å². The second-order valence-electron chi connectivity index (χ2n) is 12.3. The molecule has 2 aliphatic rings. The van der Waals surface area contributed by atoms with Gasteiger partial charge in [0.05, 0.1) is 19.3 Å². The molecular weight excluding hydrogens is 568 g/mol. The summed E-state index contributed by atoms with van der Waals surface area (Å²) >= 11 is 0. The average molecular weight is 619 g/mol. The molecule has 2 heterocycles. The van der Waals surface area contributed by atoms with Gasteiger partial charge in [-0.2, -0.15) is 0 Å². The van der Waals surface area contributed by atoms with Crippen molar-refractivity contribution in [2.75, 3.05) is 65.6 Å². The van der Waals surface area contributed by atoms with E-state index in [2.05, 4.69) is 5.32 Å². The zero-order valence-electron chi connectivity index (χ0n) is 26.8. The number of ether oxygens (including phenoxy) is 4. The molecule has 0 bridgehead atoms. The Labute approximate surface area is 261 Å². The Morgan fingerprint density at radius 2 is 1.61 bits per heavy atom. The van der Waals surface area contributed by atoms with Gasteiger partial charge in [-0.15, -0.1) is 0 Å². The number of carbonyl (C=O) groups excluding carboxylic acids is 4. The molecule has 246 valence electrons. The fraction of sp³-hybridized carbons (Fsp3) is 0.688.